The molecule has 1 saturated heterocycles. The van der Waals surface area contributed by atoms with Gasteiger partial charge in [0.1, 0.15) is 5.82 Å². The molecule has 1 aliphatic heterocycles. The van der Waals surface area contributed by atoms with Gasteiger partial charge in [-0.05, 0) is 68.5 Å². The van der Waals surface area contributed by atoms with Crippen molar-refractivity contribution in [1.29, 1.82) is 0 Å². The van der Waals surface area contributed by atoms with Gasteiger partial charge < -0.3 is 15.3 Å². The highest BCUT2D eigenvalue weighted by molar-refractivity contribution is 7.98. The molecule has 1 unspecified atom stereocenters. The molecule has 0 aromatic heterocycles. The summed E-state index contributed by atoms with van der Waals surface area (Å²) in [4.78, 5) is 2.27. The molecule has 2 N–H and O–H groups in total. The average molecular weight is 326 g/mol. The van der Waals surface area contributed by atoms with Crippen molar-refractivity contribution in [3.05, 3.63) is 29.6 Å². The van der Waals surface area contributed by atoms with Crippen LogP contribution in [-0.2, 0) is 0 Å². The molecule has 3 nitrogen and oxygen atoms in total. The van der Waals surface area contributed by atoms with E-state index in [1.54, 1.807) is 6.07 Å². The Balaban J connectivity index is 2.06. The third kappa shape index (κ3) is 4.86. The Bertz CT molecular complexity index is 464. The second-order valence-corrected chi connectivity index (χ2v) is 6.93. The summed E-state index contributed by atoms with van der Waals surface area (Å²) in [5.41, 5.74) is 2.11. The Morgan fingerprint density at radius 2 is 2.14 bits per heavy atom. The Labute approximate surface area is 137 Å². The monoisotopic (exact) mass is 326 g/mol. The zero-order chi connectivity index (χ0) is 15.9. The van der Waals surface area contributed by atoms with E-state index in [0.717, 1.165) is 55.9 Å². The molecule has 2 rings (SSSR count). The van der Waals surface area contributed by atoms with Gasteiger partial charge in [0, 0.05) is 24.8 Å². The number of benzene rings is 1. The van der Waals surface area contributed by atoms with Crippen molar-refractivity contribution in [2.45, 2.75) is 38.3 Å². The molecule has 1 fully saturated rings. The molecule has 1 heterocycles. The smallest absolute Gasteiger partial charge is 0.123 e. The van der Waals surface area contributed by atoms with Crippen molar-refractivity contribution in [1.82, 2.24) is 5.32 Å². The zero-order valence-electron chi connectivity index (χ0n) is 13.5. The van der Waals surface area contributed by atoms with Crippen molar-refractivity contribution in [3.8, 4) is 0 Å². The third-order valence-electron chi connectivity index (χ3n) is 4.24. The second-order valence-electron chi connectivity index (χ2n) is 5.94. The number of hydrogen-bond donors (Lipinski definition) is 2. The molecule has 1 aromatic rings. The molecule has 0 radical (unpaired) electrons. The van der Waals surface area contributed by atoms with Crippen LogP contribution in [0.5, 0.6) is 0 Å². The van der Waals surface area contributed by atoms with Crippen LogP contribution in [0, 0.1) is 5.82 Å². The van der Waals surface area contributed by atoms with Gasteiger partial charge >= 0.3 is 0 Å². The first kappa shape index (κ1) is 17.6. The fourth-order valence-corrected chi connectivity index (χ4v) is 3.34. The minimum Gasteiger partial charge on any atom is -0.393 e. The van der Waals surface area contributed by atoms with Gasteiger partial charge in [-0.25, -0.2) is 4.39 Å². The van der Waals surface area contributed by atoms with E-state index in [4.69, 9.17) is 0 Å². The molecule has 124 valence electrons. The Hall–Kier alpha value is -0.780. The molecular weight excluding hydrogens is 299 g/mol. The van der Waals surface area contributed by atoms with Gasteiger partial charge in [0.2, 0.25) is 0 Å². The van der Waals surface area contributed by atoms with Crippen LogP contribution in [0.15, 0.2) is 18.2 Å². The van der Waals surface area contributed by atoms with Crippen LogP contribution in [0.2, 0.25) is 0 Å². The Kier molecular flexibility index (Phi) is 6.99. The van der Waals surface area contributed by atoms with Gasteiger partial charge in [-0.1, -0.05) is 0 Å². The van der Waals surface area contributed by atoms with Crippen LogP contribution in [0.3, 0.4) is 0 Å². The first-order chi connectivity index (χ1) is 10.6. The molecule has 1 aliphatic rings. The van der Waals surface area contributed by atoms with Crippen molar-refractivity contribution in [2.75, 3.05) is 36.5 Å². The lowest BCUT2D eigenvalue weighted by molar-refractivity contribution is 0.145. The first-order valence-electron chi connectivity index (χ1n) is 8.06. The Morgan fingerprint density at radius 1 is 1.41 bits per heavy atom. The molecule has 0 spiro atoms. The number of anilines is 1. The van der Waals surface area contributed by atoms with Crippen LogP contribution in [0.1, 0.15) is 37.8 Å². The second kappa shape index (κ2) is 8.75. The summed E-state index contributed by atoms with van der Waals surface area (Å²) in [6.45, 7) is 4.70. The molecule has 0 bridgehead atoms. The molecular formula is C17H27FN2OS. The van der Waals surface area contributed by atoms with Crippen LogP contribution < -0.4 is 10.2 Å². The number of aliphatic hydroxyl groups is 1. The molecule has 1 aromatic carbocycles. The standard InChI is InChI=1S/C17H27FN2OS/c1-13(19-8-3-11-22-2)16-12-14(18)4-5-17(16)20-9-6-15(21)7-10-20/h4-5,12-13,15,19,21H,3,6-11H2,1-2H3. The minimum absolute atomic E-state index is 0.124. The summed E-state index contributed by atoms with van der Waals surface area (Å²) in [5, 5.41) is 13.2. The van der Waals surface area contributed by atoms with Gasteiger partial charge in [-0.3, -0.25) is 0 Å². The van der Waals surface area contributed by atoms with Gasteiger partial charge in [0.15, 0.2) is 0 Å². The van der Waals surface area contributed by atoms with Crippen molar-refractivity contribution in [3.63, 3.8) is 0 Å². The highest BCUT2D eigenvalue weighted by atomic mass is 32.2. The summed E-state index contributed by atoms with van der Waals surface area (Å²) >= 11 is 1.85. The molecule has 22 heavy (non-hydrogen) atoms. The van der Waals surface area contributed by atoms with E-state index in [0.29, 0.717) is 0 Å². The van der Waals surface area contributed by atoms with E-state index in [2.05, 4.69) is 23.4 Å². The van der Waals surface area contributed by atoms with Crippen molar-refractivity contribution >= 4 is 17.4 Å². The van der Waals surface area contributed by atoms with Crippen molar-refractivity contribution in [2.24, 2.45) is 0 Å². The van der Waals surface area contributed by atoms with Gasteiger partial charge in [-0.15, -0.1) is 0 Å². The first-order valence-corrected chi connectivity index (χ1v) is 9.46. The molecule has 0 amide bonds. The lowest BCUT2D eigenvalue weighted by Crippen LogP contribution is -2.37. The normalized spacial score (nSPS) is 17.7. The van der Waals surface area contributed by atoms with Gasteiger partial charge in [-0.2, -0.15) is 11.8 Å². The SMILES string of the molecule is CSCCCNC(C)c1cc(F)ccc1N1CCC(O)CC1. The summed E-state index contributed by atoms with van der Waals surface area (Å²) in [5.74, 6) is 0.952. The maximum atomic E-state index is 13.7. The van der Waals surface area contributed by atoms with Crippen LogP contribution in [0.4, 0.5) is 10.1 Å². The molecule has 0 aliphatic carbocycles. The number of aliphatic hydroxyl groups excluding tert-OH is 1. The van der Waals surface area contributed by atoms with Gasteiger partial charge in [0.05, 0.1) is 6.10 Å². The molecule has 5 heteroatoms. The lowest BCUT2D eigenvalue weighted by atomic mass is 10.0. The number of nitrogens with zero attached hydrogens (tertiary/aromatic N) is 1. The van der Waals surface area contributed by atoms with E-state index in [-0.39, 0.29) is 18.0 Å². The molecule has 0 saturated carbocycles. The average Bonchev–Trinajstić information content (AvgIpc) is 2.52. The van der Waals surface area contributed by atoms with Gasteiger partial charge in [0.25, 0.3) is 0 Å². The maximum Gasteiger partial charge on any atom is 0.123 e. The number of nitrogens with one attached hydrogen (secondary N) is 1. The van der Waals surface area contributed by atoms with Crippen molar-refractivity contribution < 1.29 is 9.50 Å². The minimum atomic E-state index is -0.192. The number of hydrogen-bond acceptors (Lipinski definition) is 4. The topological polar surface area (TPSA) is 35.5 Å². The summed E-state index contributed by atoms with van der Waals surface area (Å²) in [6.07, 6.45) is 4.60. The highest BCUT2D eigenvalue weighted by Crippen LogP contribution is 2.29. The summed E-state index contributed by atoms with van der Waals surface area (Å²) in [6, 6.07) is 5.18. The number of rotatable bonds is 7. The van der Waals surface area contributed by atoms with Crippen LogP contribution >= 0.6 is 11.8 Å². The van der Waals surface area contributed by atoms with E-state index >= 15 is 0 Å². The van der Waals surface area contributed by atoms with E-state index in [9.17, 15) is 9.50 Å². The number of piperidine rings is 1. The predicted molar refractivity (Wildman–Crippen MR) is 93.3 cm³/mol. The summed E-state index contributed by atoms with van der Waals surface area (Å²) in [7, 11) is 0. The van der Waals surface area contributed by atoms with E-state index in [1.165, 1.54) is 6.07 Å². The fourth-order valence-electron chi connectivity index (χ4n) is 2.91. The lowest BCUT2D eigenvalue weighted by Gasteiger charge is -2.34. The number of halogens is 1. The van der Waals surface area contributed by atoms with Crippen LogP contribution in [-0.4, -0.2) is 42.9 Å². The largest absolute Gasteiger partial charge is 0.393 e. The maximum absolute atomic E-state index is 13.7. The van der Waals surface area contributed by atoms with Crippen LogP contribution in [0.25, 0.3) is 0 Å². The quantitative estimate of drug-likeness (QED) is 0.754. The highest BCUT2D eigenvalue weighted by Gasteiger charge is 2.21. The van der Waals surface area contributed by atoms with E-state index < -0.39 is 0 Å². The fraction of sp³-hybridized carbons (Fsp3) is 0.647. The third-order valence-corrected chi connectivity index (χ3v) is 4.93. The Morgan fingerprint density at radius 3 is 2.82 bits per heavy atom. The number of thioether (sulfide) groups is 1. The molecule has 1 atom stereocenters. The zero-order valence-corrected chi connectivity index (χ0v) is 14.3. The van der Waals surface area contributed by atoms with E-state index in [1.807, 2.05) is 17.8 Å². The predicted octanol–water partition coefficient (Wildman–Crippen LogP) is 3.19. The summed E-state index contributed by atoms with van der Waals surface area (Å²) < 4.78 is 13.7.